The Morgan fingerprint density at radius 1 is 1.18 bits per heavy atom. The highest BCUT2D eigenvalue weighted by molar-refractivity contribution is 7.98. The van der Waals surface area contributed by atoms with Crippen LogP contribution in [0.25, 0.3) is 11.2 Å². The summed E-state index contributed by atoms with van der Waals surface area (Å²) in [7, 11) is 0. The zero-order valence-corrected chi connectivity index (χ0v) is 19.7. The number of benzene rings is 1. The van der Waals surface area contributed by atoms with Gasteiger partial charge >= 0.3 is 0 Å². The molecule has 2 N–H and O–H groups in total. The van der Waals surface area contributed by atoms with Crippen LogP contribution in [0.3, 0.4) is 0 Å². The van der Waals surface area contributed by atoms with Gasteiger partial charge in [0.25, 0.3) is 6.01 Å². The third kappa shape index (κ3) is 4.67. The predicted octanol–water partition coefficient (Wildman–Crippen LogP) is 3.88. The van der Waals surface area contributed by atoms with Crippen LogP contribution in [0.5, 0.6) is 11.8 Å². The smallest absolute Gasteiger partial charge is 0.296 e. The number of thioether (sulfide) groups is 1. The van der Waals surface area contributed by atoms with Crippen molar-refractivity contribution in [3.8, 4) is 11.8 Å². The molecule has 182 valence electrons. The second kappa shape index (κ2) is 9.82. The molecule has 12 heteroatoms. The van der Waals surface area contributed by atoms with E-state index in [2.05, 4.69) is 15.0 Å². The van der Waals surface area contributed by atoms with Crippen LogP contribution >= 0.6 is 23.4 Å². The standard InChI is InChI=1S/C22H22ClF2N3O5S/c1-2-3-30-10-4-13(24)11(14(25)5-10)9-34-21-12(23)6-15-20(27-21)28-22(26-15)33-17-8-32-18-16(29)7-31-19(17)18/h4-6,16-19,29H,2-3,7-9H2,1H3,(H,26,27,28)/t16-,17-,18-,19-/m1/s1. The highest BCUT2D eigenvalue weighted by atomic mass is 35.5. The van der Waals surface area contributed by atoms with Crippen LogP contribution in [0.1, 0.15) is 18.9 Å². The first-order valence-corrected chi connectivity index (χ1v) is 12.2. The molecule has 2 aromatic heterocycles. The summed E-state index contributed by atoms with van der Waals surface area (Å²) in [6.45, 7) is 2.75. The van der Waals surface area contributed by atoms with Gasteiger partial charge in [-0.1, -0.05) is 30.3 Å². The SMILES string of the molecule is CCCOc1cc(F)c(CSc2nc3nc(O[C@@H]4CO[C@H]5[C@@H]4OC[C@H]5O)[nH]c3cc2Cl)c(F)c1. The van der Waals surface area contributed by atoms with Crippen molar-refractivity contribution in [3.63, 3.8) is 0 Å². The van der Waals surface area contributed by atoms with Crippen LogP contribution in [0, 0.1) is 11.6 Å². The van der Waals surface area contributed by atoms with Crippen molar-refractivity contribution in [2.24, 2.45) is 0 Å². The summed E-state index contributed by atoms with van der Waals surface area (Å²) in [5.41, 5.74) is 0.795. The largest absolute Gasteiger partial charge is 0.493 e. The number of rotatable bonds is 8. The van der Waals surface area contributed by atoms with Crippen molar-refractivity contribution >= 4 is 34.5 Å². The number of aliphatic hydroxyl groups is 1. The number of aliphatic hydroxyl groups excluding tert-OH is 1. The molecule has 0 spiro atoms. The number of hydrogen-bond donors (Lipinski definition) is 2. The van der Waals surface area contributed by atoms with Crippen molar-refractivity contribution in [2.75, 3.05) is 19.8 Å². The molecule has 0 radical (unpaired) electrons. The third-order valence-electron chi connectivity index (χ3n) is 5.56. The maximum atomic E-state index is 14.5. The van der Waals surface area contributed by atoms with Crippen LogP contribution in [-0.2, 0) is 15.2 Å². The Bertz CT molecular complexity index is 1180. The fourth-order valence-corrected chi connectivity index (χ4v) is 5.11. The van der Waals surface area contributed by atoms with Crippen LogP contribution in [0.15, 0.2) is 23.2 Å². The second-order valence-electron chi connectivity index (χ2n) is 8.01. The molecular formula is C22H22ClF2N3O5S. The Labute approximate surface area is 202 Å². The fourth-order valence-electron chi connectivity index (χ4n) is 3.89. The Kier molecular flexibility index (Phi) is 6.81. The van der Waals surface area contributed by atoms with E-state index in [0.717, 1.165) is 18.2 Å². The van der Waals surface area contributed by atoms with Crippen molar-refractivity contribution in [1.29, 1.82) is 0 Å². The number of aromatic amines is 1. The lowest BCUT2D eigenvalue weighted by atomic mass is 10.1. The van der Waals surface area contributed by atoms with Gasteiger partial charge in [-0.05, 0) is 12.5 Å². The van der Waals surface area contributed by atoms with E-state index < -0.39 is 29.9 Å². The lowest BCUT2D eigenvalue weighted by Gasteiger charge is -2.15. The molecule has 0 aliphatic carbocycles. The van der Waals surface area contributed by atoms with Crippen molar-refractivity contribution in [3.05, 3.63) is 40.4 Å². The van der Waals surface area contributed by atoms with Crippen LogP contribution in [0.4, 0.5) is 8.78 Å². The molecule has 0 saturated carbocycles. The lowest BCUT2D eigenvalue weighted by Crippen LogP contribution is -2.34. The zero-order chi connectivity index (χ0) is 23.8. The average molecular weight is 514 g/mol. The number of hydrogen-bond acceptors (Lipinski definition) is 8. The van der Waals surface area contributed by atoms with Crippen LogP contribution < -0.4 is 9.47 Å². The number of ether oxygens (including phenoxy) is 4. The normalized spacial score (nSPS) is 24.0. The molecule has 0 unspecified atom stereocenters. The molecule has 8 nitrogen and oxygen atoms in total. The molecule has 0 amide bonds. The number of fused-ring (bicyclic) bond motifs is 2. The molecule has 4 heterocycles. The minimum Gasteiger partial charge on any atom is -0.493 e. The monoisotopic (exact) mass is 513 g/mol. The van der Waals surface area contributed by atoms with E-state index in [9.17, 15) is 13.9 Å². The Hall–Kier alpha value is -2.18. The molecule has 1 aromatic carbocycles. The predicted molar refractivity (Wildman–Crippen MR) is 121 cm³/mol. The highest BCUT2D eigenvalue weighted by Crippen LogP contribution is 2.34. The number of aromatic nitrogens is 3. The van der Waals surface area contributed by atoms with Gasteiger partial charge in [-0.2, -0.15) is 4.98 Å². The minimum absolute atomic E-state index is 0.0140. The average Bonchev–Trinajstić information content (AvgIpc) is 3.48. The quantitative estimate of drug-likeness (QED) is 0.438. The molecule has 5 rings (SSSR count). The molecule has 34 heavy (non-hydrogen) atoms. The van der Waals surface area contributed by atoms with Crippen molar-refractivity contribution in [1.82, 2.24) is 15.0 Å². The number of nitrogens with one attached hydrogen (secondary N) is 1. The van der Waals surface area contributed by atoms with Crippen molar-refractivity contribution < 1.29 is 32.8 Å². The summed E-state index contributed by atoms with van der Waals surface area (Å²) >= 11 is 7.45. The second-order valence-corrected chi connectivity index (χ2v) is 9.38. The molecule has 2 aliphatic rings. The van der Waals surface area contributed by atoms with Gasteiger partial charge in [0.1, 0.15) is 40.7 Å². The van der Waals surface area contributed by atoms with Gasteiger partial charge in [0.05, 0.1) is 30.4 Å². The zero-order valence-electron chi connectivity index (χ0n) is 18.1. The first-order valence-electron chi connectivity index (χ1n) is 10.8. The van der Waals surface area contributed by atoms with Gasteiger partial charge in [-0.15, -0.1) is 0 Å². The maximum Gasteiger partial charge on any atom is 0.296 e. The van der Waals surface area contributed by atoms with E-state index in [1.807, 2.05) is 6.92 Å². The molecule has 3 aromatic rings. The molecule has 2 saturated heterocycles. The molecule has 2 fully saturated rings. The van der Waals surface area contributed by atoms with E-state index in [1.165, 1.54) is 12.1 Å². The Morgan fingerprint density at radius 3 is 2.71 bits per heavy atom. The van der Waals surface area contributed by atoms with Gasteiger partial charge < -0.3 is 29.0 Å². The Balaban J connectivity index is 1.29. The number of halogens is 3. The summed E-state index contributed by atoms with van der Waals surface area (Å²) in [5.74, 6) is -1.24. The third-order valence-corrected chi connectivity index (χ3v) is 6.98. The topological polar surface area (TPSA) is 98.7 Å². The number of H-pyrrole nitrogens is 1. The molecule has 0 bridgehead atoms. The highest BCUT2D eigenvalue weighted by Gasteiger charge is 2.48. The van der Waals surface area contributed by atoms with Crippen LogP contribution in [-0.4, -0.2) is 64.3 Å². The fraction of sp³-hybridized carbons (Fsp3) is 0.455. The first-order chi connectivity index (χ1) is 16.4. The van der Waals surface area contributed by atoms with Crippen molar-refractivity contribution in [2.45, 2.75) is 48.5 Å². The summed E-state index contributed by atoms with van der Waals surface area (Å²) in [4.78, 5) is 11.8. The van der Waals surface area contributed by atoms with E-state index in [1.54, 1.807) is 6.07 Å². The summed E-state index contributed by atoms with van der Waals surface area (Å²) in [6.07, 6.45) is -1.17. The first kappa shape index (κ1) is 23.6. The minimum atomic E-state index is -0.692. The van der Waals surface area contributed by atoms with Gasteiger partial charge in [-0.25, -0.2) is 13.8 Å². The van der Waals surface area contributed by atoms with Gasteiger partial charge in [0.2, 0.25) is 0 Å². The molecular weight excluding hydrogens is 492 g/mol. The van der Waals surface area contributed by atoms with E-state index in [0.29, 0.717) is 27.8 Å². The number of pyridine rings is 1. The van der Waals surface area contributed by atoms with E-state index >= 15 is 0 Å². The van der Waals surface area contributed by atoms with Gasteiger partial charge in [0, 0.05) is 23.4 Å². The van der Waals surface area contributed by atoms with Gasteiger partial charge in [0.15, 0.2) is 11.8 Å². The summed E-state index contributed by atoms with van der Waals surface area (Å²) in [6, 6.07) is 4.19. The maximum absolute atomic E-state index is 14.5. The summed E-state index contributed by atoms with van der Waals surface area (Å²) < 4.78 is 51.2. The molecule has 2 aliphatic heterocycles. The number of imidazole rings is 1. The van der Waals surface area contributed by atoms with Gasteiger partial charge in [-0.3, -0.25) is 0 Å². The Morgan fingerprint density at radius 2 is 1.94 bits per heavy atom. The molecule has 4 atom stereocenters. The summed E-state index contributed by atoms with van der Waals surface area (Å²) in [5, 5.41) is 10.6. The van der Waals surface area contributed by atoms with Crippen LogP contribution in [0.2, 0.25) is 5.02 Å². The lowest BCUT2D eigenvalue weighted by molar-refractivity contribution is 0.00706. The number of nitrogens with zero attached hydrogens (tertiary/aromatic N) is 2. The van der Waals surface area contributed by atoms with E-state index in [-0.39, 0.29) is 42.4 Å². The van der Waals surface area contributed by atoms with E-state index in [4.69, 9.17) is 30.5 Å².